The van der Waals surface area contributed by atoms with E-state index in [4.69, 9.17) is 10.5 Å². The molecule has 3 N–H and O–H groups in total. The van der Waals surface area contributed by atoms with Gasteiger partial charge in [0, 0.05) is 13.7 Å². The summed E-state index contributed by atoms with van der Waals surface area (Å²) in [5, 5.41) is 2.41. The van der Waals surface area contributed by atoms with Gasteiger partial charge in [0.25, 0.3) is 0 Å². The van der Waals surface area contributed by atoms with Gasteiger partial charge in [0.05, 0.1) is 6.10 Å². The van der Waals surface area contributed by atoms with Crippen molar-refractivity contribution in [2.75, 3.05) is 13.7 Å². The number of ether oxygens (including phenoxy) is 1. The summed E-state index contributed by atoms with van der Waals surface area (Å²) < 4.78 is 4.83. The second-order valence-corrected chi connectivity index (χ2v) is 1.79. The third-order valence-corrected chi connectivity index (χ3v) is 0.966. The quantitative estimate of drug-likeness (QED) is 0.629. The van der Waals surface area contributed by atoms with Crippen molar-refractivity contribution in [3.8, 4) is 0 Å². The first-order chi connectivity index (χ1) is 4.16. The molecular formula is C5H13ClN2O2. The Bertz CT molecular complexity index is 99.6. The largest absolute Gasteiger partial charge is 0.380 e. The van der Waals surface area contributed by atoms with Gasteiger partial charge in [0.15, 0.2) is 0 Å². The van der Waals surface area contributed by atoms with Crippen LogP contribution in [0.3, 0.4) is 0 Å². The highest BCUT2D eigenvalue weighted by atomic mass is 35.5. The minimum Gasteiger partial charge on any atom is -0.380 e. The van der Waals surface area contributed by atoms with Gasteiger partial charge in [-0.2, -0.15) is 0 Å². The Balaban J connectivity index is 0. The van der Waals surface area contributed by atoms with Crippen LogP contribution in [0.25, 0.3) is 0 Å². The Labute approximate surface area is 66.5 Å². The van der Waals surface area contributed by atoms with Crippen LogP contribution in [-0.2, 0) is 4.74 Å². The summed E-state index contributed by atoms with van der Waals surface area (Å²) in [6, 6.07) is -0.515. The van der Waals surface area contributed by atoms with Gasteiger partial charge in [-0.1, -0.05) is 0 Å². The Morgan fingerprint density at radius 2 is 2.30 bits per heavy atom. The first-order valence-corrected chi connectivity index (χ1v) is 2.73. The lowest BCUT2D eigenvalue weighted by molar-refractivity contribution is 0.119. The molecule has 5 heteroatoms. The minimum absolute atomic E-state index is 0. The number of methoxy groups -OCH3 is 1. The van der Waals surface area contributed by atoms with Crippen LogP contribution in [0.5, 0.6) is 0 Å². The van der Waals surface area contributed by atoms with E-state index in [1.165, 1.54) is 0 Å². The SMILES string of the molecule is COC(C)CNC(N)=O.Cl. The number of urea groups is 1. The molecule has 0 bridgehead atoms. The molecule has 62 valence electrons. The summed E-state index contributed by atoms with van der Waals surface area (Å²) in [5.41, 5.74) is 4.79. The Morgan fingerprint density at radius 1 is 1.80 bits per heavy atom. The molecule has 10 heavy (non-hydrogen) atoms. The molecular weight excluding hydrogens is 156 g/mol. The second kappa shape index (κ2) is 6.64. The van der Waals surface area contributed by atoms with Crippen LogP contribution in [0.2, 0.25) is 0 Å². The first kappa shape index (κ1) is 12.2. The number of amides is 2. The first-order valence-electron chi connectivity index (χ1n) is 2.73. The lowest BCUT2D eigenvalue weighted by Crippen LogP contribution is -2.35. The van der Waals surface area contributed by atoms with Crippen LogP contribution in [0.1, 0.15) is 6.92 Å². The number of hydrogen-bond acceptors (Lipinski definition) is 2. The van der Waals surface area contributed by atoms with E-state index >= 15 is 0 Å². The van der Waals surface area contributed by atoms with E-state index < -0.39 is 6.03 Å². The summed E-state index contributed by atoms with van der Waals surface area (Å²) in [6.45, 7) is 2.31. The fourth-order valence-electron chi connectivity index (χ4n) is 0.328. The van der Waals surface area contributed by atoms with Gasteiger partial charge in [-0.3, -0.25) is 0 Å². The molecule has 4 nitrogen and oxygen atoms in total. The Kier molecular flexibility index (Phi) is 8.11. The predicted molar refractivity (Wildman–Crippen MR) is 41.3 cm³/mol. The molecule has 1 unspecified atom stereocenters. The van der Waals surface area contributed by atoms with E-state index in [0.29, 0.717) is 6.54 Å². The topological polar surface area (TPSA) is 64.3 Å². The van der Waals surface area contributed by atoms with Gasteiger partial charge in [0.2, 0.25) is 0 Å². The summed E-state index contributed by atoms with van der Waals surface area (Å²) in [4.78, 5) is 10.1. The highest BCUT2D eigenvalue weighted by Crippen LogP contribution is 1.81. The van der Waals surface area contributed by atoms with Crippen molar-refractivity contribution in [3.63, 3.8) is 0 Å². The van der Waals surface area contributed by atoms with E-state index in [-0.39, 0.29) is 18.5 Å². The maximum Gasteiger partial charge on any atom is 0.312 e. The van der Waals surface area contributed by atoms with E-state index in [9.17, 15) is 4.79 Å². The molecule has 0 aliphatic heterocycles. The molecule has 0 spiro atoms. The number of nitrogens with one attached hydrogen (secondary N) is 1. The van der Waals surface area contributed by atoms with Crippen molar-refractivity contribution in [1.29, 1.82) is 0 Å². The number of carbonyl (C=O) groups excluding carboxylic acids is 1. The summed E-state index contributed by atoms with van der Waals surface area (Å²) in [5.74, 6) is 0. The fourth-order valence-corrected chi connectivity index (χ4v) is 0.328. The second-order valence-electron chi connectivity index (χ2n) is 1.79. The summed E-state index contributed by atoms with van der Waals surface area (Å²) >= 11 is 0. The van der Waals surface area contributed by atoms with E-state index in [1.54, 1.807) is 7.11 Å². The van der Waals surface area contributed by atoms with E-state index in [2.05, 4.69) is 5.32 Å². The molecule has 0 aromatic carbocycles. The third-order valence-electron chi connectivity index (χ3n) is 0.966. The zero-order chi connectivity index (χ0) is 7.28. The van der Waals surface area contributed by atoms with Gasteiger partial charge in [-0.25, -0.2) is 4.79 Å². The van der Waals surface area contributed by atoms with Crippen molar-refractivity contribution in [1.82, 2.24) is 5.32 Å². The van der Waals surface area contributed by atoms with Crippen molar-refractivity contribution < 1.29 is 9.53 Å². The maximum absolute atomic E-state index is 10.1. The molecule has 0 heterocycles. The number of primary amides is 1. The van der Waals surface area contributed by atoms with Crippen LogP contribution >= 0.6 is 12.4 Å². The van der Waals surface area contributed by atoms with Gasteiger partial charge in [-0.05, 0) is 6.92 Å². The molecule has 0 rings (SSSR count). The Morgan fingerprint density at radius 3 is 2.60 bits per heavy atom. The molecule has 2 amide bonds. The lowest BCUT2D eigenvalue weighted by atomic mass is 10.4. The molecule has 0 aromatic heterocycles. The predicted octanol–water partition coefficient (Wildman–Crippen LogP) is 0.111. The summed E-state index contributed by atoms with van der Waals surface area (Å²) in [6.07, 6.45) is 0.0255. The number of rotatable bonds is 3. The number of carbonyl (C=O) groups is 1. The molecule has 0 saturated carbocycles. The zero-order valence-electron chi connectivity index (χ0n) is 6.09. The highest BCUT2D eigenvalue weighted by molar-refractivity contribution is 5.85. The molecule has 0 aliphatic carbocycles. The fraction of sp³-hybridized carbons (Fsp3) is 0.800. The van der Waals surface area contributed by atoms with Crippen molar-refractivity contribution in [2.45, 2.75) is 13.0 Å². The van der Waals surface area contributed by atoms with Crippen molar-refractivity contribution in [2.24, 2.45) is 5.73 Å². The summed E-state index contributed by atoms with van der Waals surface area (Å²) in [7, 11) is 1.58. The maximum atomic E-state index is 10.1. The van der Waals surface area contributed by atoms with Crippen LogP contribution in [0.4, 0.5) is 4.79 Å². The average Bonchev–Trinajstić information content (AvgIpc) is 1.83. The van der Waals surface area contributed by atoms with Crippen molar-refractivity contribution >= 4 is 18.4 Å². The number of hydrogen-bond donors (Lipinski definition) is 2. The van der Waals surface area contributed by atoms with Crippen LogP contribution in [-0.4, -0.2) is 25.8 Å². The normalized spacial score (nSPS) is 11.4. The zero-order valence-corrected chi connectivity index (χ0v) is 6.90. The van der Waals surface area contributed by atoms with Crippen molar-refractivity contribution in [3.05, 3.63) is 0 Å². The molecule has 0 radical (unpaired) electrons. The molecule has 1 atom stereocenters. The molecule has 0 aromatic rings. The van der Waals surface area contributed by atoms with Gasteiger partial charge in [0.1, 0.15) is 0 Å². The lowest BCUT2D eigenvalue weighted by Gasteiger charge is -2.07. The van der Waals surface area contributed by atoms with Gasteiger partial charge in [-0.15, -0.1) is 12.4 Å². The highest BCUT2D eigenvalue weighted by Gasteiger charge is 1.98. The average molecular weight is 169 g/mol. The van der Waals surface area contributed by atoms with E-state index in [0.717, 1.165) is 0 Å². The monoisotopic (exact) mass is 168 g/mol. The van der Waals surface area contributed by atoms with Gasteiger partial charge >= 0.3 is 6.03 Å². The Hall–Kier alpha value is -0.480. The van der Waals surface area contributed by atoms with Crippen LogP contribution in [0.15, 0.2) is 0 Å². The number of nitrogens with two attached hydrogens (primary N) is 1. The standard InChI is InChI=1S/C5H12N2O2.ClH/c1-4(9-2)3-7-5(6)8;/h4H,3H2,1-2H3,(H3,6,7,8);1H. The molecule has 0 fully saturated rings. The van der Waals surface area contributed by atoms with E-state index in [1.807, 2.05) is 6.92 Å². The van der Waals surface area contributed by atoms with Crippen LogP contribution in [0, 0.1) is 0 Å². The number of halogens is 1. The molecule has 0 aliphatic rings. The smallest absolute Gasteiger partial charge is 0.312 e. The van der Waals surface area contributed by atoms with Crippen LogP contribution < -0.4 is 11.1 Å². The minimum atomic E-state index is -0.515. The third kappa shape index (κ3) is 7.52. The molecule has 0 saturated heterocycles. The van der Waals surface area contributed by atoms with Gasteiger partial charge < -0.3 is 15.8 Å².